The van der Waals surface area contributed by atoms with E-state index in [1.54, 1.807) is 0 Å². The molecule has 0 aliphatic heterocycles. The Kier molecular flexibility index (Phi) is 4.41. The van der Waals surface area contributed by atoms with Crippen LogP contribution < -0.4 is 5.32 Å². The number of benzene rings is 1. The highest BCUT2D eigenvalue weighted by Gasteiger charge is 2.07. The molecule has 0 saturated carbocycles. The molecule has 0 amide bonds. The summed E-state index contributed by atoms with van der Waals surface area (Å²) in [6.07, 6.45) is 1.98. The Bertz CT molecular complexity index is 264. The van der Waals surface area contributed by atoms with Crippen molar-refractivity contribution in [2.75, 3.05) is 0 Å². The summed E-state index contributed by atoms with van der Waals surface area (Å²) >= 11 is 0. The van der Waals surface area contributed by atoms with Crippen LogP contribution in [0, 0.1) is 5.92 Å². The predicted octanol–water partition coefficient (Wildman–Crippen LogP) is 2.99. The van der Waals surface area contributed by atoms with Crippen LogP contribution in [-0.4, -0.2) is 6.04 Å². The highest BCUT2D eigenvalue weighted by atomic mass is 14.9. The Morgan fingerprint density at radius 3 is 2.43 bits per heavy atom. The summed E-state index contributed by atoms with van der Waals surface area (Å²) in [7, 11) is 0. The molecular formula is C13H19N. The molecule has 76 valence electrons. The molecular weight excluding hydrogens is 170 g/mol. The first-order valence-corrected chi connectivity index (χ1v) is 5.14. The van der Waals surface area contributed by atoms with Crippen LogP contribution in [-0.2, 0) is 6.54 Å². The van der Waals surface area contributed by atoms with Crippen LogP contribution in [0.15, 0.2) is 43.0 Å². The quantitative estimate of drug-likeness (QED) is 0.702. The van der Waals surface area contributed by atoms with Gasteiger partial charge in [-0.05, 0) is 11.5 Å². The maximum Gasteiger partial charge on any atom is 0.0273 e. The summed E-state index contributed by atoms with van der Waals surface area (Å²) in [6.45, 7) is 9.14. The third-order valence-electron chi connectivity index (χ3n) is 2.36. The molecule has 0 fully saturated rings. The van der Waals surface area contributed by atoms with E-state index in [4.69, 9.17) is 0 Å². The monoisotopic (exact) mass is 189 g/mol. The van der Waals surface area contributed by atoms with Crippen molar-refractivity contribution < 1.29 is 0 Å². The molecule has 0 heterocycles. The zero-order valence-corrected chi connectivity index (χ0v) is 9.03. The molecule has 1 aromatic rings. The Balaban J connectivity index is 2.43. The summed E-state index contributed by atoms with van der Waals surface area (Å²) in [5.74, 6) is 0.594. The molecule has 0 spiro atoms. The van der Waals surface area contributed by atoms with E-state index in [1.807, 2.05) is 12.1 Å². The molecule has 1 nitrogen and oxygen atoms in total. The first-order valence-electron chi connectivity index (χ1n) is 5.14. The fraction of sp³-hybridized carbons (Fsp3) is 0.385. The van der Waals surface area contributed by atoms with Gasteiger partial charge in [0.05, 0.1) is 0 Å². The maximum atomic E-state index is 3.83. The lowest BCUT2D eigenvalue weighted by Gasteiger charge is -2.18. The molecule has 0 unspecified atom stereocenters. The van der Waals surface area contributed by atoms with Gasteiger partial charge in [-0.3, -0.25) is 0 Å². The minimum absolute atomic E-state index is 0.398. The molecule has 0 saturated heterocycles. The molecule has 1 aromatic carbocycles. The summed E-state index contributed by atoms with van der Waals surface area (Å²) in [6, 6.07) is 10.8. The van der Waals surface area contributed by atoms with E-state index in [9.17, 15) is 0 Å². The third kappa shape index (κ3) is 3.35. The zero-order chi connectivity index (χ0) is 10.4. The van der Waals surface area contributed by atoms with Crippen molar-refractivity contribution in [3.8, 4) is 0 Å². The van der Waals surface area contributed by atoms with Crippen molar-refractivity contribution in [1.82, 2.24) is 5.32 Å². The molecule has 0 bridgehead atoms. The summed E-state index contributed by atoms with van der Waals surface area (Å²) < 4.78 is 0. The largest absolute Gasteiger partial charge is 0.306 e. The van der Waals surface area contributed by atoms with E-state index in [0.29, 0.717) is 12.0 Å². The predicted molar refractivity (Wildman–Crippen MR) is 62.1 cm³/mol. The first kappa shape index (κ1) is 11.0. The Hall–Kier alpha value is -1.08. The van der Waals surface area contributed by atoms with Gasteiger partial charge in [-0.1, -0.05) is 50.3 Å². The van der Waals surface area contributed by atoms with Crippen LogP contribution in [0.25, 0.3) is 0 Å². The second-order valence-electron chi connectivity index (χ2n) is 3.87. The molecule has 1 heteroatoms. The minimum Gasteiger partial charge on any atom is -0.306 e. The van der Waals surface area contributed by atoms with Gasteiger partial charge < -0.3 is 5.32 Å². The molecule has 0 aromatic heterocycles. The van der Waals surface area contributed by atoms with Crippen molar-refractivity contribution >= 4 is 0 Å². The van der Waals surface area contributed by atoms with Crippen molar-refractivity contribution in [2.24, 2.45) is 5.92 Å². The second-order valence-corrected chi connectivity index (χ2v) is 3.87. The van der Waals surface area contributed by atoms with E-state index < -0.39 is 0 Å². The fourth-order valence-electron chi connectivity index (χ4n) is 1.42. The maximum absolute atomic E-state index is 3.83. The Morgan fingerprint density at radius 2 is 1.93 bits per heavy atom. The van der Waals surface area contributed by atoms with Gasteiger partial charge in [0.1, 0.15) is 0 Å². The molecule has 1 rings (SSSR count). The SMILES string of the molecule is C=C[C@@H](NCc1ccccc1)C(C)C. The number of rotatable bonds is 5. The first-order chi connectivity index (χ1) is 6.74. The highest BCUT2D eigenvalue weighted by molar-refractivity contribution is 5.14. The van der Waals surface area contributed by atoms with Crippen LogP contribution in [0.2, 0.25) is 0 Å². The normalized spacial score (nSPS) is 12.8. The smallest absolute Gasteiger partial charge is 0.0273 e. The Labute approximate surface area is 86.8 Å². The average molecular weight is 189 g/mol. The zero-order valence-electron chi connectivity index (χ0n) is 9.03. The molecule has 0 radical (unpaired) electrons. The van der Waals surface area contributed by atoms with Crippen molar-refractivity contribution in [3.63, 3.8) is 0 Å². The van der Waals surface area contributed by atoms with Crippen molar-refractivity contribution in [1.29, 1.82) is 0 Å². The van der Waals surface area contributed by atoms with Gasteiger partial charge in [-0.25, -0.2) is 0 Å². The number of hydrogen-bond acceptors (Lipinski definition) is 1. The van der Waals surface area contributed by atoms with Gasteiger partial charge in [0.15, 0.2) is 0 Å². The second kappa shape index (κ2) is 5.61. The number of hydrogen-bond donors (Lipinski definition) is 1. The average Bonchev–Trinajstić information content (AvgIpc) is 2.20. The van der Waals surface area contributed by atoms with Crippen molar-refractivity contribution in [2.45, 2.75) is 26.4 Å². The molecule has 1 N–H and O–H groups in total. The summed E-state index contributed by atoms with van der Waals surface area (Å²) in [4.78, 5) is 0. The Morgan fingerprint density at radius 1 is 1.29 bits per heavy atom. The standard InChI is InChI=1S/C13H19N/c1-4-13(11(2)3)14-10-12-8-6-5-7-9-12/h4-9,11,13-14H,1,10H2,2-3H3/t13-/m1/s1. The third-order valence-corrected chi connectivity index (χ3v) is 2.36. The summed E-state index contributed by atoms with van der Waals surface area (Å²) in [5, 5.41) is 3.47. The number of nitrogens with one attached hydrogen (secondary N) is 1. The van der Waals surface area contributed by atoms with Gasteiger partial charge in [0, 0.05) is 12.6 Å². The summed E-state index contributed by atoms with van der Waals surface area (Å²) in [5.41, 5.74) is 1.32. The topological polar surface area (TPSA) is 12.0 Å². The van der Waals surface area contributed by atoms with E-state index >= 15 is 0 Å². The molecule has 14 heavy (non-hydrogen) atoms. The molecule has 0 aliphatic rings. The highest BCUT2D eigenvalue weighted by Crippen LogP contribution is 2.04. The van der Waals surface area contributed by atoms with E-state index in [0.717, 1.165) is 6.54 Å². The van der Waals surface area contributed by atoms with Gasteiger partial charge >= 0.3 is 0 Å². The van der Waals surface area contributed by atoms with Gasteiger partial charge in [0.2, 0.25) is 0 Å². The van der Waals surface area contributed by atoms with Crippen LogP contribution >= 0.6 is 0 Å². The lowest BCUT2D eigenvalue weighted by molar-refractivity contribution is 0.464. The van der Waals surface area contributed by atoms with E-state index in [2.05, 4.69) is 50.0 Å². The van der Waals surface area contributed by atoms with Crippen LogP contribution in [0.3, 0.4) is 0 Å². The lowest BCUT2D eigenvalue weighted by atomic mass is 10.0. The van der Waals surface area contributed by atoms with Crippen LogP contribution in [0.4, 0.5) is 0 Å². The van der Waals surface area contributed by atoms with Crippen molar-refractivity contribution in [3.05, 3.63) is 48.6 Å². The molecule has 0 aliphatic carbocycles. The molecule has 1 atom stereocenters. The van der Waals surface area contributed by atoms with E-state index in [1.165, 1.54) is 5.56 Å². The van der Waals surface area contributed by atoms with Crippen LogP contribution in [0.5, 0.6) is 0 Å². The van der Waals surface area contributed by atoms with Gasteiger partial charge in [-0.15, -0.1) is 6.58 Å². The fourth-order valence-corrected chi connectivity index (χ4v) is 1.42. The minimum atomic E-state index is 0.398. The van der Waals surface area contributed by atoms with Gasteiger partial charge in [-0.2, -0.15) is 0 Å². The lowest BCUT2D eigenvalue weighted by Crippen LogP contribution is -2.31. The van der Waals surface area contributed by atoms with Gasteiger partial charge in [0.25, 0.3) is 0 Å². The van der Waals surface area contributed by atoms with Crippen LogP contribution in [0.1, 0.15) is 19.4 Å². The van der Waals surface area contributed by atoms with E-state index in [-0.39, 0.29) is 0 Å².